The van der Waals surface area contributed by atoms with Crippen LogP contribution in [0, 0.1) is 5.41 Å². The molecule has 0 heterocycles. The van der Waals surface area contributed by atoms with Crippen LogP contribution in [0.25, 0.3) is 0 Å². The quantitative estimate of drug-likeness (QED) is 0.609. The molecule has 0 aromatic carbocycles. The molecule has 13 heavy (non-hydrogen) atoms. The summed E-state index contributed by atoms with van der Waals surface area (Å²) in [7, 11) is 0. The Bertz CT molecular complexity index is 159. The number of hydrogen-bond donors (Lipinski definition) is 1. The molecule has 2 saturated carbocycles. The summed E-state index contributed by atoms with van der Waals surface area (Å²) in [6.45, 7) is 0. The van der Waals surface area contributed by atoms with Crippen LogP contribution >= 0.6 is 0 Å². The lowest BCUT2D eigenvalue weighted by molar-refractivity contribution is 0.00686. The van der Waals surface area contributed by atoms with Gasteiger partial charge in [0, 0.05) is 0 Å². The smallest absolute Gasteiger partial charge is 0.0596 e. The highest BCUT2D eigenvalue weighted by Crippen LogP contribution is 2.47. The molecule has 1 heteroatoms. The van der Waals surface area contributed by atoms with E-state index in [0.29, 0.717) is 5.41 Å². The van der Waals surface area contributed by atoms with E-state index in [-0.39, 0.29) is 6.10 Å². The van der Waals surface area contributed by atoms with Gasteiger partial charge in [-0.15, -0.1) is 0 Å². The highest BCUT2D eigenvalue weighted by Gasteiger charge is 2.39. The maximum atomic E-state index is 10.2. The second-order valence-corrected chi connectivity index (χ2v) is 5.04. The molecule has 0 amide bonds. The number of rotatable bonds is 0. The molecular weight excluding hydrogens is 160 g/mol. The first kappa shape index (κ1) is 9.51. The predicted octanol–water partition coefficient (Wildman–Crippen LogP) is 3.26. The van der Waals surface area contributed by atoms with Crippen molar-refractivity contribution in [3.63, 3.8) is 0 Å². The standard InChI is InChI=1S/C12H22O/c13-11-7-3-1-2-4-8-12(11)9-5-6-10-12/h11,13H,1-10H2. The van der Waals surface area contributed by atoms with Crippen LogP contribution in [-0.4, -0.2) is 11.2 Å². The molecule has 76 valence electrons. The van der Waals surface area contributed by atoms with Gasteiger partial charge in [0.2, 0.25) is 0 Å². The molecule has 1 atom stereocenters. The Morgan fingerprint density at radius 1 is 0.769 bits per heavy atom. The van der Waals surface area contributed by atoms with E-state index < -0.39 is 0 Å². The fourth-order valence-corrected chi connectivity index (χ4v) is 3.30. The fourth-order valence-electron chi connectivity index (χ4n) is 3.30. The van der Waals surface area contributed by atoms with Crippen molar-refractivity contribution in [2.45, 2.75) is 70.3 Å². The summed E-state index contributed by atoms with van der Waals surface area (Å²) < 4.78 is 0. The van der Waals surface area contributed by atoms with Crippen LogP contribution in [0.3, 0.4) is 0 Å². The monoisotopic (exact) mass is 182 g/mol. The SMILES string of the molecule is OC1CCCCCCC12CCCC2. The Morgan fingerprint density at radius 3 is 2.00 bits per heavy atom. The Balaban J connectivity index is 2.03. The molecule has 1 unspecified atom stereocenters. The van der Waals surface area contributed by atoms with Gasteiger partial charge in [0.05, 0.1) is 6.10 Å². The zero-order valence-corrected chi connectivity index (χ0v) is 8.60. The average Bonchev–Trinajstić information content (AvgIpc) is 2.58. The molecule has 0 aromatic heterocycles. The van der Waals surface area contributed by atoms with Crippen molar-refractivity contribution in [3.8, 4) is 0 Å². The van der Waals surface area contributed by atoms with Crippen molar-refractivity contribution in [1.82, 2.24) is 0 Å². The largest absolute Gasteiger partial charge is 0.393 e. The van der Waals surface area contributed by atoms with Crippen molar-refractivity contribution in [2.75, 3.05) is 0 Å². The predicted molar refractivity (Wildman–Crippen MR) is 54.6 cm³/mol. The van der Waals surface area contributed by atoms with E-state index in [9.17, 15) is 5.11 Å². The van der Waals surface area contributed by atoms with Gasteiger partial charge in [0.25, 0.3) is 0 Å². The van der Waals surface area contributed by atoms with Gasteiger partial charge in [-0.1, -0.05) is 38.5 Å². The molecule has 0 radical (unpaired) electrons. The van der Waals surface area contributed by atoms with E-state index in [2.05, 4.69) is 0 Å². The Morgan fingerprint density at radius 2 is 1.31 bits per heavy atom. The van der Waals surface area contributed by atoms with Gasteiger partial charge < -0.3 is 5.11 Å². The minimum atomic E-state index is 0.0234. The lowest BCUT2D eigenvalue weighted by atomic mass is 9.73. The first-order chi connectivity index (χ1) is 6.33. The number of aliphatic hydroxyl groups excluding tert-OH is 1. The Labute approximate surface area is 81.5 Å². The normalized spacial score (nSPS) is 34.4. The molecular formula is C12H22O. The maximum Gasteiger partial charge on any atom is 0.0596 e. The first-order valence-corrected chi connectivity index (χ1v) is 6.02. The molecule has 1 nitrogen and oxygen atoms in total. The second kappa shape index (κ2) is 4.00. The highest BCUT2D eigenvalue weighted by molar-refractivity contribution is 4.91. The maximum absolute atomic E-state index is 10.2. The summed E-state index contributed by atoms with van der Waals surface area (Å²) in [5.41, 5.74) is 0.362. The minimum absolute atomic E-state index is 0.0234. The molecule has 0 aromatic rings. The topological polar surface area (TPSA) is 20.2 Å². The average molecular weight is 182 g/mol. The lowest BCUT2D eigenvalue weighted by Crippen LogP contribution is -2.33. The zero-order chi connectivity index (χ0) is 9.15. The van der Waals surface area contributed by atoms with Crippen LogP contribution in [0.4, 0.5) is 0 Å². The molecule has 2 fully saturated rings. The van der Waals surface area contributed by atoms with Crippen molar-refractivity contribution < 1.29 is 5.11 Å². The van der Waals surface area contributed by atoms with Crippen LogP contribution < -0.4 is 0 Å². The lowest BCUT2D eigenvalue weighted by Gasteiger charge is -2.36. The third-order valence-electron chi connectivity index (χ3n) is 4.21. The summed E-state index contributed by atoms with van der Waals surface area (Å²) in [5, 5.41) is 10.2. The summed E-state index contributed by atoms with van der Waals surface area (Å²) in [6, 6.07) is 0. The number of hydrogen-bond acceptors (Lipinski definition) is 1. The van der Waals surface area contributed by atoms with Gasteiger partial charge >= 0.3 is 0 Å². The van der Waals surface area contributed by atoms with Crippen LogP contribution in [0.2, 0.25) is 0 Å². The van der Waals surface area contributed by atoms with Gasteiger partial charge in [-0.25, -0.2) is 0 Å². The zero-order valence-electron chi connectivity index (χ0n) is 8.60. The molecule has 0 saturated heterocycles. The molecule has 1 N–H and O–H groups in total. The third kappa shape index (κ3) is 1.90. The van der Waals surface area contributed by atoms with Gasteiger partial charge in [0.15, 0.2) is 0 Å². The van der Waals surface area contributed by atoms with Crippen molar-refractivity contribution in [1.29, 1.82) is 0 Å². The van der Waals surface area contributed by atoms with Crippen molar-refractivity contribution in [2.24, 2.45) is 5.41 Å². The van der Waals surface area contributed by atoms with E-state index in [4.69, 9.17) is 0 Å². The highest BCUT2D eigenvalue weighted by atomic mass is 16.3. The summed E-state index contributed by atoms with van der Waals surface area (Å²) in [6.07, 6.45) is 13.1. The minimum Gasteiger partial charge on any atom is -0.393 e. The second-order valence-electron chi connectivity index (χ2n) is 5.04. The van der Waals surface area contributed by atoms with E-state index >= 15 is 0 Å². The summed E-state index contributed by atoms with van der Waals surface area (Å²) in [4.78, 5) is 0. The van der Waals surface area contributed by atoms with Gasteiger partial charge in [-0.3, -0.25) is 0 Å². The Kier molecular flexibility index (Phi) is 2.92. The molecule has 1 spiro atoms. The van der Waals surface area contributed by atoms with E-state index in [1.807, 2.05) is 0 Å². The number of aliphatic hydroxyl groups is 1. The van der Waals surface area contributed by atoms with Crippen LogP contribution in [-0.2, 0) is 0 Å². The van der Waals surface area contributed by atoms with Gasteiger partial charge in [0.1, 0.15) is 0 Å². The van der Waals surface area contributed by atoms with Crippen molar-refractivity contribution >= 4 is 0 Å². The van der Waals surface area contributed by atoms with Gasteiger partial charge in [-0.05, 0) is 31.1 Å². The van der Waals surface area contributed by atoms with Crippen molar-refractivity contribution in [3.05, 3.63) is 0 Å². The van der Waals surface area contributed by atoms with Crippen LogP contribution in [0.1, 0.15) is 64.2 Å². The van der Waals surface area contributed by atoms with E-state index in [0.717, 1.165) is 6.42 Å². The first-order valence-electron chi connectivity index (χ1n) is 6.02. The molecule has 2 aliphatic carbocycles. The van der Waals surface area contributed by atoms with E-state index in [1.54, 1.807) is 0 Å². The molecule has 0 aliphatic heterocycles. The fraction of sp³-hybridized carbons (Fsp3) is 1.00. The van der Waals surface area contributed by atoms with E-state index in [1.165, 1.54) is 57.8 Å². The summed E-state index contributed by atoms with van der Waals surface area (Å²) >= 11 is 0. The third-order valence-corrected chi connectivity index (χ3v) is 4.21. The summed E-state index contributed by atoms with van der Waals surface area (Å²) in [5.74, 6) is 0. The van der Waals surface area contributed by atoms with Gasteiger partial charge in [-0.2, -0.15) is 0 Å². The molecule has 2 rings (SSSR count). The van der Waals surface area contributed by atoms with Crippen LogP contribution in [0.5, 0.6) is 0 Å². The Hall–Kier alpha value is -0.0400. The van der Waals surface area contributed by atoms with Crippen LogP contribution in [0.15, 0.2) is 0 Å². The molecule has 2 aliphatic rings. The molecule has 0 bridgehead atoms.